The van der Waals surface area contributed by atoms with E-state index < -0.39 is 15.1 Å². The highest BCUT2D eigenvalue weighted by Crippen LogP contribution is 2.27. The van der Waals surface area contributed by atoms with Gasteiger partial charge in [-0.3, -0.25) is 9.69 Å². The first-order chi connectivity index (χ1) is 15.9. The summed E-state index contributed by atoms with van der Waals surface area (Å²) in [6, 6.07) is 21.5. The molecule has 0 amide bonds. The molecule has 1 aliphatic rings. The highest BCUT2D eigenvalue weighted by atomic mass is 32.2. The molecule has 168 valence electrons. The molecule has 0 spiro atoms. The summed E-state index contributed by atoms with van der Waals surface area (Å²) in [5.74, 6) is -0.489. The SMILES string of the molecule is N#Cc1ccc(-c2ccc(S(=O)(=O)C3CCN(CC(=O)c4ccc(F)cc4)CC3)cc2)cc1. The van der Waals surface area contributed by atoms with E-state index in [0.717, 1.165) is 11.1 Å². The van der Waals surface area contributed by atoms with Gasteiger partial charge in [0.2, 0.25) is 0 Å². The van der Waals surface area contributed by atoms with Gasteiger partial charge in [-0.05, 0) is 85.6 Å². The number of benzene rings is 3. The molecule has 7 heteroatoms. The molecule has 0 N–H and O–H groups in total. The number of nitrogens with zero attached hydrogens (tertiary/aromatic N) is 2. The summed E-state index contributed by atoms with van der Waals surface area (Å²) >= 11 is 0. The fraction of sp³-hybridized carbons (Fsp3) is 0.231. The monoisotopic (exact) mass is 462 g/mol. The van der Waals surface area contributed by atoms with Gasteiger partial charge in [-0.25, -0.2) is 12.8 Å². The maximum atomic E-state index is 13.1. The number of nitriles is 1. The van der Waals surface area contributed by atoms with Crippen molar-refractivity contribution in [1.29, 1.82) is 5.26 Å². The van der Waals surface area contributed by atoms with E-state index in [1.54, 1.807) is 36.4 Å². The van der Waals surface area contributed by atoms with Gasteiger partial charge in [0.25, 0.3) is 0 Å². The quantitative estimate of drug-likeness (QED) is 0.505. The van der Waals surface area contributed by atoms with E-state index in [4.69, 9.17) is 5.26 Å². The molecule has 0 bridgehead atoms. The first-order valence-corrected chi connectivity index (χ1v) is 12.3. The molecule has 4 rings (SSSR count). The average molecular weight is 463 g/mol. The standard InChI is InChI=1S/C26H23FN2O3S/c27-23-9-5-22(6-10-23)26(30)18-29-15-13-25(14-16-29)33(31,32)24-11-7-21(8-12-24)20-3-1-19(17-28)2-4-20/h1-12,25H,13-16,18H2. The van der Waals surface area contributed by atoms with Crippen LogP contribution in [0, 0.1) is 17.1 Å². The fourth-order valence-electron chi connectivity index (χ4n) is 4.07. The summed E-state index contributed by atoms with van der Waals surface area (Å²) in [4.78, 5) is 14.7. The van der Waals surface area contributed by atoms with Crippen molar-refractivity contribution in [3.8, 4) is 17.2 Å². The number of hydrogen-bond donors (Lipinski definition) is 0. The van der Waals surface area contributed by atoms with Crippen LogP contribution in [0.4, 0.5) is 4.39 Å². The highest BCUT2D eigenvalue weighted by molar-refractivity contribution is 7.92. The number of ketones is 1. The van der Waals surface area contributed by atoms with Crippen LogP contribution in [0.25, 0.3) is 11.1 Å². The van der Waals surface area contributed by atoms with Crippen LogP contribution in [0.5, 0.6) is 0 Å². The van der Waals surface area contributed by atoms with Gasteiger partial charge >= 0.3 is 0 Å². The normalized spacial score (nSPS) is 15.2. The molecule has 1 aliphatic heterocycles. The Morgan fingerprint density at radius 2 is 1.45 bits per heavy atom. The molecule has 0 radical (unpaired) electrons. The van der Waals surface area contributed by atoms with Crippen LogP contribution in [0.2, 0.25) is 0 Å². The summed E-state index contributed by atoms with van der Waals surface area (Å²) in [7, 11) is -3.48. The second kappa shape index (κ2) is 9.65. The minimum absolute atomic E-state index is 0.102. The van der Waals surface area contributed by atoms with E-state index in [1.165, 1.54) is 24.3 Å². The number of Topliss-reactive ketones (excluding diaryl/α,β-unsaturated/α-hetero) is 1. The molecule has 0 aliphatic carbocycles. The Morgan fingerprint density at radius 3 is 2.00 bits per heavy atom. The van der Waals surface area contributed by atoms with Crippen molar-refractivity contribution in [2.75, 3.05) is 19.6 Å². The lowest BCUT2D eigenvalue weighted by Crippen LogP contribution is -2.41. The average Bonchev–Trinajstić information content (AvgIpc) is 2.85. The zero-order chi connectivity index (χ0) is 23.4. The second-order valence-corrected chi connectivity index (χ2v) is 10.4. The minimum atomic E-state index is -3.48. The summed E-state index contributed by atoms with van der Waals surface area (Å²) in [5.41, 5.74) is 2.82. The largest absolute Gasteiger partial charge is 0.296 e. The Labute approximate surface area is 193 Å². The van der Waals surface area contributed by atoms with E-state index in [-0.39, 0.29) is 18.1 Å². The molecule has 1 saturated heterocycles. The summed E-state index contributed by atoms with van der Waals surface area (Å²) in [5, 5.41) is 8.43. The molecule has 0 atom stereocenters. The van der Waals surface area contributed by atoms with Gasteiger partial charge in [-0.2, -0.15) is 5.26 Å². The van der Waals surface area contributed by atoms with Crippen LogP contribution >= 0.6 is 0 Å². The van der Waals surface area contributed by atoms with Crippen molar-refractivity contribution in [2.24, 2.45) is 0 Å². The third kappa shape index (κ3) is 5.19. The lowest BCUT2D eigenvalue weighted by atomic mass is 10.0. The number of halogens is 1. The zero-order valence-electron chi connectivity index (χ0n) is 17.9. The van der Waals surface area contributed by atoms with Crippen LogP contribution < -0.4 is 0 Å². The molecular weight excluding hydrogens is 439 g/mol. The van der Waals surface area contributed by atoms with E-state index in [1.807, 2.05) is 17.0 Å². The number of likely N-dealkylation sites (tertiary alicyclic amines) is 1. The van der Waals surface area contributed by atoms with Crippen molar-refractivity contribution in [3.63, 3.8) is 0 Å². The second-order valence-electron chi connectivity index (χ2n) is 8.16. The maximum absolute atomic E-state index is 13.1. The molecule has 1 heterocycles. The lowest BCUT2D eigenvalue weighted by Gasteiger charge is -2.31. The van der Waals surface area contributed by atoms with Crippen LogP contribution in [0.1, 0.15) is 28.8 Å². The van der Waals surface area contributed by atoms with Crippen molar-refractivity contribution < 1.29 is 17.6 Å². The van der Waals surface area contributed by atoms with Crippen LogP contribution in [-0.4, -0.2) is 44.0 Å². The molecule has 0 unspecified atom stereocenters. The van der Waals surface area contributed by atoms with Crippen LogP contribution in [0.3, 0.4) is 0 Å². The topological polar surface area (TPSA) is 78.2 Å². The maximum Gasteiger partial charge on any atom is 0.181 e. The Balaban J connectivity index is 1.37. The van der Waals surface area contributed by atoms with Gasteiger partial charge < -0.3 is 0 Å². The van der Waals surface area contributed by atoms with Crippen LogP contribution in [0.15, 0.2) is 77.7 Å². The smallest absolute Gasteiger partial charge is 0.181 e. The summed E-state index contributed by atoms with van der Waals surface area (Å²) < 4.78 is 39.3. The molecule has 0 saturated carbocycles. The number of carbonyl (C=O) groups is 1. The van der Waals surface area contributed by atoms with Crippen molar-refractivity contribution in [3.05, 3.63) is 89.7 Å². The number of carbonyl (C=O) groups excluding carboxylic acids is 1. The molecule has 33 heavy (non-hydrogen) atoms. The lowest BCUT2D eigenvalue weighted by molar-refractivity contribution is 0.0916. The number of sulfone groups is 1. The molecule has 3 aromatic rings. The Bertz CT molecular complexity index is 1270. The van der Waals surface area contributed by atoms with Gasteiger partial charge in [0.15, 0.2) is 15.6 Å². The first kappa shape index (κ1) is 22.8. The zero-order valence-corrected chi connectivity index (χ0v) is 18.8. The van der Waals surface area contributed by atoms with E-state index >= 15 is 0 Å². The van der Waals surface area contributed by atoms with Gasteiger partial charge in [-0.1, -0.05) is 24.3 Å². The molecule has 0 aromatic heterocycles. The predicted octanol–water partition coefficient (Wildman–Crippen LogP) is 4.49. The molecule has 5 nitrogen and oxygen atoms in total. The third-order valence-corrected chi connectivity index (χ3v) is 8.32. The van der Waals surface area contributed by atoms with Gasteiger partial charge in [0, 0.05) is 5.56 Å². The number of piperidine rings is 1. The fourth-order valence-corrected chi connectivity index (χ4v) is 5.81. The van der Waals surface area contributed by atoms with Crippen molar-refractivity contribution in [2.45, 2.75) is 23.0 Å². The van der Waals surface area contributed by atoms with E-state index in [0.29, 0.717) is 42.0 Å². The van der Waals surface area contributed by atoms with E-state index in [2.05, 4.69) is 6.07 Å². The molecule has 3 aromatic carbocycles. The summed E-state index contributed by atoms with van der Waals surface area (Å²) in [6.07, 6.45) is 0.910. The predicted molar refractivity (Wildman–Crippen MR) is 124 cm³/mol. The third-order valence-electron chi connectivity index (χ3n) is 6.04. The van der Waals surface area contributed by atoms with Gasteiger partial charge in [-0.15, -0.1) is 0 Å². The van der Waals surface area contributed by atoms with Gasteiger partial charge in [0.05, 0.1) is 28.3 Å². The Hall–Kier alpha value is -3.34. The van der Waals surface area contributed by atoms with Crippen LogP contribution in [-0.2, 0) is 9.84 Å². The Morgan fingerprint density at radius 1 is 0.909 bits per heavy atom. The summed E-state index contributed by atoms with van der Waals surface area (Å²) in [6.45, 7) is 1.22. The van der Waals surface area contributed by atoms with Gasteiger partial charge in [0.1, 0.15) is 5.82 Å². The number of rotatable bonds is 6. The van der Waals surface area contributed by atoms with E-state index in [9.17, 15) is 17.6 Å². The minimum Gasteiger partial charge on any atom is -0.296 e. The number of hydrogen-bond acceptors (Lipinski definition) is 5. The Kier molecular flexibility index (Phi) is 6.68. The van der Waals surface area contributed by atoms with Crippen molar-refractivity contribution in [1.82, 2.24) is 4.90 Å². The molecular formula is C26H23FN2O3S. The first-order valence-electron chi connectivity index (χ1n) is 10.7. The van der Waals surface area contributed by atoms with Crippen molar-refractivity contribution >= 4 is 15.6 Å². The highest BCUT2D eigenvalue weighted by Gasteiger charge is 2.31. The molecule has 1 fully saturated rings.